The summed E-state index contributed by atoms with van der Waals surface area (Å²) in [6.07, 6.45) is 1.47. The number of carbonyl (C=O) groups excluding carboxylic acids is 2. The van der Waals surface area contributed by atoms with Crippen LogP contribution in [-0.4, -0.2) is 16.7 Å². The van der Waals surface area contributed by atoms with Gasteiger partial charge < -0.3 is 4.74 Å². The third kappa shape index (κ3) is 4.15. The highest BCUT2D eigenvalue weighted by atomic mass is 79.9. The first-order valence-electron chi connectivity index (χ1n) is 7.37. The van der Waals surface area contributed by atoms with Crippen LogP contribution in [0.5, 0.6) is 5.75 Å². The minimum atomic E-state index is -0.665. The molecule has 0 N–H and O–H groups in total. The Kier molecular flexibility index (Phi) is 5.44. The zero-order valence-electron chi connectivity index (χ0n) is 13.1. The van der Waals surface area contributed by atoms with Crippen LogP contribution in [0.3, 0.4) is 0 Å². The van der Waals surface area contributed by atoms with Crippen molar-refractivity contribution in [2.24, 2.45) is 0 Å². The number of hydrogen-bond donors (Lipinski definition) is 0. The molecule has 4 nitrogen and oxygen atoms in total. The lowest BCUT2D eigenvalue weighted by Gasteiger charge is -2.07. The van der Waals surface area contributed by atoms with Crippen molar-refractivity contribution in [3.8, 4) is 5.75 Å². The van der Waals surface area contributed by atoms with Gasteiger partial charge in [-0.1, -0.05) is 11.6 Å². The van der Waals surface area contributed by atoms with Crippen LogP contribution in [0.25, 0.3) is 0 Å². The molecular formula is C19H10BrClFNO3. The first-order chi connectivity index (χ1) is 12.4. The maximum absolute atomic E-state index is 12.9. The number of pyridine rings is 1. The second-order valence-electron chi connectivity index (χ2n) is 5.24. The summed E-state index contributed by atoms with van der Waals surface area (Å²) in [7, 11) is 0. The molecule has 3 rings (SSSR count). The molecule has 3 aromatic rings. The van der Waals surface area contributed by atoms with Crippen LogP contribution in [0.2, 0.25) is 5.15 Å². The van der Waals surface area contributed by atoms with Crippen molar-refractivity contribution < 1.29 is 18.7 Å². The lowest BCUT2D eigenvalue weighted by Crippen LogP contribution is -2.10. The molecule has 0 unspecified atom stereocenters. The molecule has 0 spiro atoms. The van der Waals surface area contributed by atoms with Gasteiger partial charge in [-0.05, 0) is 70.5 Å². The summed E-state index contributed by atoms with van der Waals surface area (Å²) in [5.41, 5.74) is 0.870. The van der Waals surface area contributed by atoms with Gasteiger partial charge in [0.1, 0.15) is 16.7 Å². The summed E-state index contributed by atoms with van der Waals surface area (Å²) in [6.45, 7) is 0. The smallest absolute Gasteiger partial charge is 0.346 e. The fourth-order valence-electron chi connectivity index (χ4n) is 2.17. The molecule has 0 fully saturated rings. The van der Waals surface area contributed by atoms with Crippen LogP contribution in [-0.2, 0) is 0 Å². The summed E-state index contributed by atoms with van der Waals surface area (Å²) in [5, 5.41) is 0.0290. The standard InChI is InChI=1S/C19H10BrClFNO3/c20-13-9-16(18(21)23-10-13)19(25)26-15-7-3-12(4-8-15)17(24)11-1-5-14(22)6-2-11/h1-10H. The van der Waals surface area contributed by atoms with E-state index in [4.69, 9.17) is 16.3 Å². The van der Waals surface area contributed by atoms with Gasteiger partial charge in [0, 0.05) is 21.8 Å². The van der Waals surface area contributed by atoms with Gasteiger partial charge >= 0.3 is 5.97 Å². The monoisotopic (exact) mass is 433 g/mol. The van der Waals surface area contributed by atoms with E-state index in [0.717, 1.165) is 0 Å². The maximum atomic E-state index is 12.9. The summed E-state index contributed by atoms with van der Waals surface area (Å²) in [5.74, 6) is -1.09. The molecule has 26 heavy (non-hydrogen) atoms. The van der Waals surface area contributed by atoms with E-state index in [1.165, 1.54) is 60.8 Å². The van der Waals surface area contributed by atoms with Gasteiger partial charge in [-0.25, -0.2) is 14.2 Å². The fraction of sp³-hybridized carbons (Fsp3) is 0. The van der Waals surface area contributed by atoms with Crippen molar-refractivity contribution in [1.29, 1.82) is 0 Å². The lowest BCUT2D eigenvalue weighted by atomic mass is 10.0. The Morgan fingerprint density at radius 3 is 2.19 bits per heavy atom. The van der Waals surface area contributed by atoms with Crippen LogP contribution in [0.4, 0.5) is 4.39 Å². The van der Waals surface area contributed by atoms with E-state index >= 15 is 0 Å². The number of ether oxygens (including phenoxy) is 1. The van der Waals surface area contributed by atoms with Crippen LogP contribution in [0.1, 0.15) is 26.3 Å². The zero-order valence-corrected chi connectivity index (χ0v) is 15.4. The summed E-state index contributed by atoms with van der Waals surface area (Å²) in [6, 6.07) is 12.8. The predicted molar refractivity (Wildman–Crippen MR) is 98.2 cm³/mol. The van der Waals surface area contributed by atoms with Gasteiger partial charge in [0.15, 0.2) is 5.78 Å². The van der Waals surface area contributed by atoms with Crippen LogP contribution < -0.4 is 4.74 Å². The number of rotatable bonds is 4. The molecule has 0 saturated carbocycles. The number of carbonyl (C=O) groups is 2. The number of esters is 1. The average Bonchev–Trinajstić information content (AvgIpc) is 2.64. The van der Waals surface area contributed by atoms with Crippen LogP contribution in [0.15, 0.2) is 65.3 Å². The molecule has 130 valence electrons. The molecule has 0 aliphatic carbocycles. The SMILES string of the molecule is O=C(c1ccc(F)cc1)c1ccc(OC(=O)c2cc(Br)cnc2Cl)cc1. The molecule has 0 saturated heterocycles. The Morgan fingerprint density at radius 2 is 1.58 bits per heavy atom. The van der Waals surface area contributed by atoms with E-state index in [1.807, 2.05) is 0 Å². The Labute approximate surface area is 161 Å². The molecule has 1 heterocycles. The summed E-state index contributed by atoms with van der Waals surface area (Å²) < 4.78 is 18.8. The normalized spacial score (nSPS) is 10.4. The Hall–Kier alpha value is -2.57. The van der Waals surface area contributed by atoms with E-state index in [2.05, 4.69) is 20.9 Å². The van der Waals surface area contributed by atoms with Crippen molar-refractivity contribution in [2.45, 2.75) is 0 Å². The second-order valence-corrected chi connectivity index (χ2v) is 6.52. The van der Waals surface area contributed by atoms with Gasteiger partial charge in [0.2, 0.25) is 0 Å². The third-order valence-corrected chi connectivity index (χ3v) is 4.19. The van der Waals surface area contributed by atoms with Gasteiger partial charge in [0.25, 0.3) is 0 Å². The molecule has 0 aliphatic heterocycles. The molecule has 0 aliphatic rings. The highest BCUT2D eigenvalue weighted by Gasteiger charge is 2.15. The molecule has 2 aromatic carbocycles. The van der Waals surface area contributed by atoms with Crippen molar-refractivity contribution >= 4 is 39.3 Å². The number of hydrogen-bond acceptors (Lipinski definition) is 4. The molecule has 0 amide bonds. The number of nitrogens with zero attached hydrogens (tertiary/aromatic N) is 1. The maximum Gasteiger partial charge on any atom is 0.346 e. The summed E-state index contributed by atoms with van der Waals surface area (Å²) in [4.78, 5) is 28.4. The first kappa shape index (κ1) is 18.2. The van der Waals surface area contributed by atoms with Crippen molar-refractivity contribution in [1.82, 2.24) is 4.98 Å². The van der Waals surface area contributed by atoms with E-state index in [9.17, 15) is 14.0 Å². The topological polar surface area (TPSA) is 56.3 Å². The Morgan fingerprint density at radius 1 is 1.00 bits per heavy atom. The zero-order chi connectivity index (χ0) is 18.7. The number of benzene rings is 2. The third-order valence-electron chi connectivity index (χ3n) is 3.46. The minimum absolute atomic E-state index is 0.0290. The van der Waals surface area contributed by atoms with Crippen LogP contribution >= 0.6 is 27.5 Å². The van der Waals surface area contributed by atoms with E-state index < -0.39 is 11.8 Å². The molecule has 0 radical (unpaired) electrons. The van der Waals surface area contributed by atoms with E-state index in [-0.39, 0.29) is 22.2 Å². The fourth-order valence-corrected chi connectivity index (χ4v) is 2.68. The second kappa shape index (κ2) is 7.76. The number of aromatic nitrogens is 1. The van der Waals surface area contributed by atoms with Gasteiger partial charge in [0.05, 0.1) is 5.56 Å². The molecule has 0 atom stereocenters. The molecule has 1 aromatic heterocycles. The van der Waals surface area contributed by atoms with Gasteiger partial charge in [-0.2, -0.15) is 0 Å². The Balaban J connectivity index is 1.75. The minimum Gasteiger partial charge on any atom is -0.423 e. The van der Waals surface area contributed by atoms with Crippen molar-refractivity contribution in [2.75, 3.05) is 0 Å². The first-order valence-corrected chi connectivity index (χ1v) is 8.54. The number of halogens is 3. The van der Waals surface area contributed by atoms with E-state index in [0.29, 0.717) is 15.6 Å². The highest BCUT2D eigenvalue weighted by molar-refractivity contribution is 9.10. The summed E-state index contributed by atoms with van der Waals surface area (Å²) >= 11 is 9.11. The lowest BCUT2D eigenvalue weighted by molar-refractivity contribution is 0.0734. The average molecular weight is 435 g/mol. The Bertz CT molecular complexity index is 975. The number of ketones is 1. The highest BCUT2D eigenvalue weighted by Crippen LogP contribution is 2.21. The van der Waals surface area contributed by atoms with E-state index in [1.54, 1.807) is 0 Å². The predicted octanol–water partition coefficient (Wildman–Crippen LogP) is 5.09. The van der Waals surface area contributed by atoms with Crippen molar-refractivity contribution in [3.05, 3.63) is 92.9 Å². The molecule has 7 heteroatoms. The molecule has 0 bridgehead atoms. The van der Waals surface area contributed by atoms with Crippen molar-refractivity contribution in [3.63, 3.8) is 0 Å². The largest absolute Gasteiger partial charge is 0.423 e. The quantitative estimate of drug-likeness (QED) is 0.248. The van der Waals surface area contributed by atoms with Gasteiger partial charge in [-0.15, -0.1) is 0 Å². The van der Waals surface area contributed by atoms with Crippen LogP contribution in [0, 0.1) is 5.82 Å². The molecular weight excluding hydrogens is 425 g/mol. The van der Waals surface area contributed by atoms with Gasteiger partial charge in [-0.3, -0.25) is 4.79 Å².